The van der Waals surface area contributed by atoms with Crippen molar-refractivity contribution >= 4 is 39.3 Å². The van der Waals surface area contributed by atoms with Gasteiger partial charge in [0, 0.05) is 38.0 Å². The van der Waals surface area contributed by atoms with Crippen LogP contribution in [0.5, 0.6) is 0 Å². The van der Waals surface area contributed by atoms with E-state index in [1.54, 1.807) is 24.3 Å². The topological polar surface area (TPSA) is 103 Å². The molecule has 3 amide bonds. The number of benzene rings is 1. The second-order valence-electron chi connectivity index (χ2n) is 12.2. The summed E-state index contributed by atoms with van der Waals surface area (Å²) in [5.74, 6) is 0.196. The Morgan fingerprint density at radius 2 is 1.79 bits per heavy atom. The van der Waals surface area contributed by atoms with E-state index in [1.165, 1.54) is 31.2 Å². The van der Waals surface area contributed by atoms with E-state index in [-0.39, 0.29) is 23.8 Å². The van der Waals surface area contributed by atoms with Crippen LogP contribution in [0.1, 0.15) is 95.0 Å². The van der Waals surface area contributed by atoms with Gasteiger partial charge in [0.05, 0.1) is 15.2 Å². The number of carbonyl (C=O) groups excluding carboxylic acids is 3. The molecule has 0 unspecified atom stereocenters. The van der Waals surface area contributed by atoms with E-state index in [4.69, 9.17) is 4.98 Å². The van der Waals surface area contributed by atoms with Crippen molar-refractivity contribution in [2.75, 3.05) is 26.2 Å². The van der Waals surface area contributed by atoms with Crippen molar-refractivity contribution in [3.8, 4) is 0 Å². The maximum atomic E-state index is 13.7. The Labute approximate surface area is 255 Å². The number of hydrogen-bond donors (Lipinski definition) is 3. The molecule has 1 aromatic carbocycles. The number of carbonyl (C=O) groups is 3. The minimum Gasteiger partial charge on any atom is -0.350 e. The Balaban J connectivity index is 1.41. The summed E-state index contributed by atoms with van der Waals surface area (Å²) >= 11 is 1.58. The minimum absolute atomic E-state index is 0.131. The van der Waals surface area contributed by atoms with E-state index in [0.29, 0.717) is 31.2 Å². The van der Waals surface area contributed by atoms with Gasteiger partial charge >= 0.3 is 0 Å². The van der Waals surface area contributed by atoms with Crippen LogP contribution in [-0.4, -0.2) is 65.9 Å². The van der Waals surface area contributed by atoms with Crippen molar-refractivity contribution in [1.82, 2.24) is 25.8 Å². The molecule has 2 atom stereocenters. The number of nitrogens with one attached hydrogen (secondary N) is 3. The van der Waals surface area contributed by atoms with Crippen LogP contribution in [0, 0.1) is 5.92 Å². The van der Waals surface area contributed by atoms with Crippen LogP contribution >= 0.6 is 11.3 Å². The molecule has 2 fully saturated rings. The fraction of sp³-hybridized carbons (Fsp3) is 0.636. The average Bonchev–Trinajstić information content (AvgIpc) is 3.41. The highest BCUT2D eigenvalue weighted by Gasteiger charge is 2.29. The summed E-state index contributed by atoms with van der Waals surface area (Å²) in [6.45, 7) is 9.47. The number of amides is 3. The normalized spacial score (nSPS) is 18.3. The summed E-state index contributed by atoms with van der Waals surface area (Å²) in [7, 11) is 0. The lowest BCUT2D eigenvalue weighted by molar-refractivity contribution is -0.129. The summed E-state index contributed by atoms with van der Waals surface area (Å²) in [6, 6.07) is 5.39. The molecule has 0 spiro atoms. The first kappa shape index (κ1) is 32.1. The third kappa shape index (κ3) is 9.63. The van der Waals surface area contributed by atoms with Crippen LogP contribution in [0.3, 0.4) is 0 Å². The van der Waals surface area contributed by atoms with Gasteiger partial charge in [-0.05, 0) is 68.3 Å². The second kappa shape index (κ2) is 16.2. The third-order valence-electron chi connectivity index (χ3n) is 8.60. The average molecular weight is 596 g/mol. The predicted octanol–water partition coefficient (Wildman–Crippen LogP) is 5.08. The van der Waals surface area contributed by atoms with Crippen molar-refractivity contribution in [2.45, 2.75) is 103 Å². The molecule has 2 heterocycles. The van der Waals surface area contributed by atoms with Gasteiger partial charge in [0.25, 0.3) is 0 Å². The van der Waals surface area contributed by atoms with Gasteiger partial charge in [-0.1, -0.05) is 58.6 Å². The standard InChI is InChI=1S/C33H49N5O3S/c1-4-30(39)35-27(21-32-36-26-16-15-25(23(2)3)20-29(26)42-32)33(41)37-28(24-12-7-5-8-13-24)22-34-31(40)14-11-19-38-17-9-6-10-18-38/h11,14-16,20,23-24,27-28H,4-10,12-13,17-19,21-22H2,1-3H3,(H,34,40)(H,35,39)(H,37,41)/b14-11+/t27-,28+/m0/s1. The molecular weight excluding hydrogens is 546 g/mol. The van der Waals surface area contributed by atoms with E-state index >= 15 is 0 Å². The predicted molar refractivity (Wildman–Crippen MR) is 171 cm³/mol. The molecule has 0 radical (unpaired) electrons. The molecule has 1 aliphatic carbocycles. The number of thiazole rings is 1. The Bertz CT molecular complexity index is 1210. The molecule has 1 aromatic heterocycles. The SMILES string of the molecule is CCC(=O)N[C@@H](Cc1nc2ccc(C(C)C)cc2s1)C(=O)N[C@H](CNC(=O)/C=C/CN1CCCCC1)C1CCCCC1. The Morgan fingerprint density at radius 3 is 2.50 bits per heavy atom. The molecule has 1 aliphatic heterocycles. The zero-order valence-electron chi connectivity index (χ0n) is 25.6. The highest BCUT2D eigenvalue weighted by molar-refractivity contribution is 7.18. The number of nitrogens with zero attached hydrogens (tertiary/aromatic N) is 2. The second-order valence-corrected chi connectivity index (χ2v) is 13.3. The number of hydrogen-bond acceptors (Lipinski definition) is 6. The van der Waals surface area contributed by atoms with E-state index in [0.717, 1.165) is 60.5 Å². The number of fused-ring (bicyclic) bond motifs is 1. The van der Waals surface area contributed by atoms with Crippen molar-refractivity contribution in [3.63, 3.8) is 0 Å². The molecule has 1 saturated heterocycles. The van der Waals surface area contributed by atoms with Crippen LogP contribution in [0.4, 0.5) is 0 Å². The van der Waals surface area contributed by atoms with Crippen LogP contribution in [0.15, 0.2) is 30.4 Å². The molecule has 4 rings (SSSR count). The fourth-order valence-corrected chi connectivity index (χ4v) is 7.05. The number of likely N-dealkylation sites (tertiary alicyclic amines) is 1. The first-order valence-electron chi connectivity index (χ1n) is 16.0. The molecule has 0 bridgehead atoms. The fourth-order valence-electron chi connectivity index (χ4n) is 5.99. The molecule has 2 aliphatic rings. The minimum atomic E-state index is -0.728. The number of piperidine rings is 1. The van der Waals surface area contributed by atoms with Crippen LogP contribution in [0.25, 0.3) is 10.2 Å². The van der Waals surface area contributed by atoms with Gasteiger partial charge in [-0.25, -0.2) is 4.98 Å². The maximum Gasteiger partial charge on any atom is 0.243 e. The van der Waals surface area contributed by atoms with Gasteiger partial charge in [0.15, 0.2) is 0 Å². The summed E-state index contributed by atoms with van der Waals surface area (Å²) < 4.78 is 1.09. The number of rotatable bonds is 13. The zero-order valence-corrected chi connectivity index (χ0v) is 26.4. The Morgan fingerprint density at radius 1 is 1.05 bits per heavy atom. The van der Waals surface area contributed by atoms with Crippen LogP contribution < -0.4 is 16.0 Å². The Kier molecular flexibility index (Phi) is 12.4. The number of aromatic nitrogens is 1. The highest BCUT2D eigenvalue weighted by atomic mass is 32.1. The molecule has 2 aromatic rings. The van der Waals surface area contributed by atoms with Crippen molar-refractivity contribution in [1.29, 1.82) is 0 Å². The van der Waals surface area contributed by atoms with Crippen LogP contribution in [0.2, 0.25) is 0 Å². The summed E-state index contributed by atoms with van der Waals surface area (Å²) in [6.07, 6.45) is 13.4. The van der Waals surface area contributed by atoms with Gasteiger partial charge in [-0.3, -0.25) is 19.3 Å². The summed E-state index contributed by atoms with van der Waals surface area (Å²) in [5, 5.41) is 10.0. The van der Waals surface area contributed by atoms with E-state index in [9.17, 15) is 14.4 Å². The van der Waals surface area contributed by atoms with Crippen LogP contribution in [-0.2, 0) is 20.8 Å². The van der Waals surface area contributed by atoms with E-state index in [1.807, 2.05) is 12.1 Å². The van der Waals surface area contributed by atoms with E-state index in [2.05, 4.69) is 46.8 Å². The first-order chi connectivity index (χ1) is 20.3. The molecular formula is C33H49N5O3S. The van der Waals surface area contributed by atoms with Crippen molar-refractivity contribution in [2.24, 2.45) is 5.92 Å². The Hall–Kier alpha value is -2.78. The maximum absolute atomic E-state index is 13.7. The quantitative estimate of drug-likeness (QED) is 0.280. The molecule has 230 valence electrons. The monoisotopic (exact) mass is 595 g/mol. The lowest BCUT2D eigenvalue weighted by Crippen LogP contribution is -2.55. The largest absolute Gasteiger partial charge is 0.350 e. The van der Waals surface area contributed by atoms with Gasteiger partial charge < -0.3 is 16.0 Å². The highest BCUT2D eigenvalue weighted by Crippen LogP contribution is 2.28. The van der Waals surface area contributed by atoms with Gasteiger partial charge in [-0.2, -0.15) is 0 Å². The molecule has 3 N–H and O–H groups in total. The third-order valence-corrected chi connectivity index (χ3v) is 9.64. The van der Waals surface area contributed by atoms with Gasteiger partial charge in [-0.15, -0.1) is 11.3 Å². The smallest absolute Gasteiger partial charge is 0.243 e. The van der Waals surface area contributed by atoms with Crippen molar-refractivity contribution < 1.29 is 14.4 Å². The van der Waals surface area contributed by atoms with Gasteiger partial charge in [0.2, 0.25) is 17.7 Å². The summed E-state index contributed by atoms with van der Waals surface area (Å²) in [5.41, 5.74) is 2.17. The molecule has 1 saturated carbocycles. The van der Waals surface area contributed by atoms with Gasteiger partial charge in [0.1, 0.15) is 6.04 Å². The molecule has 9 heteroatoms. The lowest BCUT2D eigenvalue weighted by atomic mass is 9.83. The molecule has 8 nitrogen and oxygen atoms in total. The van der Waals surface area contributed by atoms with Crippen molar-refractivity contribution in [3.05, 3.63) is 40.9 Å². The van der Waals surface area contributed by atoms with E-state index < -0.39 is 6.04 Å². The first-order valence-corrected chi connectivity index (χ1v) is 16.8. The summed E-state index contributed by atoms with van der Waals surface area (Å²) in [4.78, 5) is 46.0. The lowest BCUT2D eigenvalue weighted by Gasteiger charge is -2.32. The molecule has 42 heavy (non-hydrogen) atoms. The zero-order chi connectivity index (χ0) is 29.9.